The summed E-state index contributed by atoms with van der Waals surface area (Å²) in [5, 5.41) is 11.9. The molecule has 1 rings (SSSR count). The van der Waals surface area contributed by atoms with E-state index in [1.165, 1.54) is 27.4 Å². The van der Waals surface area contributed by atoms with Crippen molar-refractivity contribution in [2.45, 2.75) is 6.42 Å². The molecule has 0 aromatic heterocycles. The van der Waals surface area contributed by atoms with Crippen LogP contribution in [0.4, 0.5) is 0 Å². The quantitative estimate of drug-likeness (QED) is 0.420. The van der Waals surface area contributed by atoms with Gasteiger partial charge in [-0.15, -0.1) is 0 Å². The maximum absolute atomic E-state index is 12.1. The average molecular weight is 334 g/mol. The van der Waals surface area contributed by atoms with Crippen molar-refractivity contribution in [1.29, 1.82) is 5.26 Å². The van der Waals surface area contributed by atoms with Crippen molar-refractivity contribution >= 4 is 12.0 Å². The van der Waals surface area contributed by atoms with Crippen LogP contribution < -0.4 is 19.5 Å². The van der Waals surface area contributed by atoms with E-state index in [0.29, 0.717) is 42.4 Å². The smallest absolute Gasteiger partial charge is 0.261 e. The van der Waals surface area contributed by atoms with E-state index in [-0.39, 0.29) is 5.57 Å². The summed E-state index contributed by atoms with van der Waals surface area (Å²) < 4.78 is 20.7. The van der Waals surface area contributed by atoms with Crippen LogP contribution in [-0.4, -0.2) is 47.5 Å². The van der Waals surface area contributed by atoms with Crippen LogP contribution in [0, 0.1) is 11.3 Å². The van der Waals surface area contributed by atoms with Crippen LogP contribution in [0.15, 0.2) is 17.7 Å². The molecule has 0 radical (unpaired) electrons. The number of rotatable bonds is 9. The number of carbonyl (C=O) groups is 1. The van der Waals surface area contributed by atoms with Crippen molar-refractivity contribution in [3.05, 3.63) is 23.3 Å². The summed E-state index contributed by atoms with van der Waals surface area (Å²) in [5.74, 6) is 0.953. The lowest BCUT2D eigenvalue weighted by Gasteiger charge is -2.13. The highest BCUT2D eigenvalue weighted by Gasteiger charge is 2.15. The molecule has 0 fully saturated rings. The lowest BCUT2D eigenvalue weighted by Crippen LogP contribution is -2.26. The van der Waals surface area contributed by atoms with Crippen molar-refractivity contribution in [1.82, 2.24) is 5.32 Å². The van der Waals surface area contributed by atoms with E-state index in [2.05, 4.69) is 5.32 Å². The Balaban J connectivity index is 3.11. The molecule has 7 nitrogen and oxygen atoms in total. The molecule has 7 heteroatoms. The summed E-state index contributed by atoms with van der Waals surface area (Å²) in [6.45, 7) is 0.953. The largest absolute Gasteiger partial charge is 0.496 e. The van der Waals surface area contributed by atoms with Crippen molar-refractivity contribution in [2.24, 2.45) is 0 Å². The number of benzene rings is 1. The minimum atomic E-state index is -0.464. The van der Waals surface area contributed by atoms with Crippen LogP contribution in [0.1, 0.15) is 12.0 Å². The molecule has 0 saturated carbocycles. The van der Waals surface area contributed by atoms with Gasteiger partial charge in [-0.1, -0.05) is 0 Å². The second-order valence-corrected chi connectivity index (χ2v) is 4.72. The third-order valence-electron chi connectivity index (χ3n) is 3.22. The third-order valence-corrected chi connectivity index (χ3v) is 3.22. The van der Waals surface area contributed by atoms with Crippen LogP contribution in [0.25, 0.3) is 6.08 Å². The summed E-state index contributed by atoms with van der Waals surface area (Å²) in [6, 6.07) is 5.20. The second-order valence-electron chi connectivity index (χ2n) is 4.72. The van der Waals surface area contributed by atoms with Gasteiger partial charge < -0.3 is 24.3 Å². The molecule has 0 aliphatic heterocycles. The third kappa shape index (κ3) is 5.18. The maximum Gasteiger partial charge on any atom is 0.261 e. The zero-order valence-electron chi connectivity index (χ0n) is 14.3. The number of nitriles is 1. The van der Waals surface area contributed by atoms with Gasteiger partial charge in [-0.2, -0.15) is 5.26 Å². The van der Waals surface area contributed by atoms with E-state index in [0.717, 1.165) is 0 Å². The Hall–Kier alpha value is -2.72. The molecule has 0 unspecified atom stereocenters. The van der Waals surface area contributed by atoms with E-state index in [1.807, 2.05) is 6.07 Å². The molecule has 24 heavy (non-hydrogen) atoms. The van der Waals surface area contributed by atoms with Gasteiger partial charge in [0.1, 0.15) is 28.9 Å². The first-order valence-corrected chi connectivity index (χ1v) is 7.30. The zero-order valence-corrected chi connectivity index (χ0v) is 14.3. The van der Waals surface area contributed by atoms with Gasteiger partial charge in [0.25, 0.3) is 5.91 Å². The molecule has 0 saturated heterocycles. The summed E-state index contributed by atoms with van der Waals surface area (Å²) >= 11 is 0. The normalized spacial score (nSPS) is 10.7. The summed E-state index contributed by atoms with van der Waals surface area (Å²) in [5.41, 5.74) is 0.443. The number of carbonyl (C=O) groups excluding carboxylic acids is 1. The van der Waals surface area contributed by atoms with Gasteiger partial charge in [0.05, 0.1) is 26.9 Å². The van der Waals surface area contributed by atoms with Gasteiger partial charge in [0.2, 0.25) is 0 Å². The Labute approximate surface area is 141 Å². The molecule has 1 aromatic rings. The molecular weight excluding hydrogens is 312 g/mol. The Kier molecular flexibility index (Phi) is 8.16. The number of ether oxygens (including phenoxy) is 4. The number of hydrogen-bond donors (Lipinski definition) is 1. The first-order valence-electron chi connectivity index (χ1n) is 7.30. The predicted molar refractivity (Wildman–Crippen MR) is 89.2 cm³/mol. The fourth-order valence-electron chi connectivity index (χ4n) is 1.98. The van der Waals surface area contributed by atoms with Crippen molar-refractivity contribution in [2.75, 3.05) is 41.6 Å². The molecule has 0 aliphatic carbocycles. The Morgan fingerprint density at radius 1 is 1.17 bits per heavy atom. The van der Waals surface area contributed by atoms with Gasteiger partial charge in [-0.3, -0.25) is 4.79 Å². The van der Waals surface area contributed by atoms with Crippen LogP contribution in [-0.2, 0) is 9.53 Å². The molecule has 0 atom stereocenters. The van der Waals surface area contributed by atoms with Crippen LogP contribution in [0.3, 0.4) is 0 Å². The van der Waals surface area contributed by atoms with Gasteiger partial charge in [0, 0.05) is 32.4 Å². The van der Waals surface area contributed by atoms with Crippen molar-refractivity contribution in [3.63, 3.8) is 0 Å². The second kappa shape index (κ2) is 10.1. The number of methoxy groups -OCH3 is 4. The van der Waals surface area contributed by atoms with E-state index < -0.39 is 5.91 Å². The van der Waals surface area contributed by atoms with Crippen LogP contribution in [0.5, 0.6) is 17.2 Å². The SMILES string of the molecule is COCCCNC(=O)C(C#N)=Cc1c(OC)cc(OC)cc1OC. The highest BCUT2D eigenvalue weighted by atomic mass is 16.5. The van der Waals surface area contributed by atoms with Gasteiger partial charge in [0.15, 0.2) is 0 Å². The maximum atomic E-state index is 12.1. The van der Waals surface area contributed by atoms with E-state index in [1.54, 1.807) is 19.2 Å². The number of nitrogens with one attached hydrogen (secondary N) is 1. The first-order chi connectivity index (χ1) is 11.6. The molecule has 1 aromatic carbocycles. The average Bonchev–Trinajstić information content (AvgIpc) is 2.62. The van der Waals surface area contributed by atoms with E-state index in [9.17, 15) is 10.1 Å². The number of nitrogens with zero attached hydrogens (tertiary/aromatic N) is 1. The molecule has 0 bridgehead atoms. The van der Waals surface area contributed by atoms with E-state index >= 15 is 0 Å². The molecule has 0 spiro atoms. The van der Waals surface area contributed by atoms with Gasteiger partial charge in [-0.05, 0) is 12.5 Å². The lowest BCUT2D eigenvalue weighted by molar-refractivity contribution is -0.117. The summed E-state index contributed by atoms with van der Waals surface area (Å²) in [6.07, 6.45) is 2.10. The predicted octanol–water partition coefficient (Wildman–Crippen LogP) is 1.77. The molecule has 0 heterocycles. The lowest BCUT2D eigenvalue weighted by atomic mass is 10.1. The summed E-state index contributed by atoms with van der Waals surface area (Å²) in [4.78, 5) is 12.1. The number of hydrogen-bond acceptors (Lipinski definition) is 6. The molecule has 0 aliphatic rings. The highest BCUT2D eigenvalue weighted by molar-refractivity contribution is 6.02. The number of amides is 1. The summed E-state index contributed by atoms with van der Waals surface area (Å²) in [7, 11) is 6.09. The Morgan fingerprint density at radius 2 is 1.79 bits per heavy atom. The fraction of sp³-hybridized carbons (Fsp3) is 0.412. The first kappa shape index (κ1) is 19.3. The molecular formula is C17H22N2O5. The van der Waals surface area contributed by atoms with Crippen molar-refractivity contribution in [3.8, 4) is 23.3 Å². The standard InChI is InChI=1S/C17H22N2O5/c1-21-7-5-6-19-17(20)12(11-18)8-14-15(23-3)9-13(22-2)10-16(14)24-4/h8-10H,5-7H2,1-4H3,(H,19,20). The fourth-order valence-corrected chi connectivity index (χ4v) is 1.98. The van der Waals surface area contributed by atoms with Crippen LogP contribution >= 0.6 is 0 Å². The minimum absolute atomic E-state index is 0.0471. The van der Waals surface area contributed by atoms with Crippen LogP contribution in [0.2, 0.25) is 0 Å². The molecule has 1 N–H and O–H groups in total. The van der Waals surface area contributed by atoms with E-state index in [4.69, 9.17) is 18.9 Å². The highest BCUT2D eigenvalue weighted by Crippen LogP contribution is 2.35. The zero-order chi connectivity index (χ0) is 17.9. The monoisotopic (exact) mass is 334 g/mol. The molecule has 130 valence electrons. The molecule has 1 amide bonds. The van der Waals surface area contributed by atoms with Gasteiger partial charge in [-0.25, -0.2) is 0 Å². The topological polar surface area (TPSA) is 89.8 Å². The Bertz CT molecular complexity index is 609. The Morgan fingerprint density at radius 3 is 2.25 bits per heavy atom. The van der Waals surface area contributed by atoms with Crippen molar-refractivity contribution < 1.29 is 23.7 Å². The van der Waals surface area contributed by atoms with Gasteiger partial charge >= 0.3 is 0 Å². The minimum Gasteiger partial charge on any atom is -0.496 e.